The van der Waals surface area contributed by atoms with E-state index in [9.17, 15) is 4.79 Å². The quantitative estimate of drug-likeness (QED) is 0.567. The summed E-state index contributed by atoms with van der Waals surface area (Å²) in [5, 5.41) is 0.977. The Bertz CT molecular complexity index is 591. The van der Waals surface area contributed by atoms with Crippen molar-refractivity contribution in [1.29, 1.82) is 0 Å². The number of hydrogen-bond acceptors (Lipinski definition) is 2. The summed E-state index contributed by atoms with van der Waals surface area (Å²) in [6, 6.07) is 7.78. The molecule has 1 aromatic heterocycles. The second-order valence-electron chi connectivity index (χ2n) is 3.87. The number of hydrogen-bond donors (Lipinski definition) is 0. The Morgan fingerprint density at radius 2 is 2.12 bits per heavy atom. The number of allylic oxidation sites excluding steroid dienone is 2. The molecule has 0 radical (unpaired) electrons. The Morgan fingerprint density at radius 1 is 1.31 bits per heavy atom. The highest BCUT2D eigenvalue weighted by Crippen LogP contribution is 2.15. The first-order valence-corrected chi connectivity index (χ1v) is 5.35. The molecule has 0 aliphatic carbocycles. The van der Waals surface area contributed by atoms with Gasteiger partial charge in [-0.2, -0.15) is 0 Å². The van der Waals surface area contributed by atoms with Gasteiger partial charge in [-0.3, -0.25) is 0 Å². The minimum absolute atomic E-state index is 0.240. The molecule has 0 aliphatic rings. The maximum atomic E-state index is 11.6. The van der Waals surface area contributed by atoms with E-state index in [1.165, 1.54) is 0 Å². The Morgan fingerprint density at radius 3 is 2.88 bits per heavy atom. The van der Waals surface area contributed by atoms with E-state index in [0.717, 1.165) is 10.9 Å². The van der Waals surface area contributed by atoms with E-state index in [4.69, 9.17) is 4.42 Å². The van der Waals surface area contributed by atoms with Crippen molar-refractivity contribution in [2.75, 3.05) is 0 Å². The Kier molecular flexibility index (Phi) is 2.91. The predicted molar refractivity (Wildman–Crippen MR) is 65.7 cm³/mol. The summed E-state index contributed by atoms with van der Waals surface area (Å²) in [6.07, 6.45) is 4.51. The van der Waals surface area contributed by atoms with Gasteiger partial charge < -0.3 is 4.42 Å². The third-order valence-corrected chi connectivity index (χ3v) is 2.54. The molecule has 1 heterocycles. The second kappa shape index (κ2) is 4.35. The molecule has 0 saturated heterocycles. The van der Waals surface area contributed by atoms with Crippen LogP contribution in [0.1, 0.15) is 18.1 Å². The average molecular weight is 214 g/mol. The first kappa shape index (κ1) is 10.7. The molecule has 0 N–H and O–H groups in total. The number of fused-ring (bicyclic) bond motifs is 1. The van der Waals surface area contributed by atoms with Crippen LogP contribution in [-0.2, 0) is 6.42 Å². The van der Waals surface area contributed by atoms with E-state index in [1.54, 1.807) is 0 Å². The lowest BCUT2D eigenvalue weighted by Crippen LogP contribution is -2.05. The highest BCUT2D eigenvalue weighted by Gasteiger charge is 2.03. The fourth-order valence-corrected chi connectivity index (χ4v) is 1.65. The Hall–Kier alpha value is -1.83. The molecule has 0 aliphatic heterocycles. The lowest BCUT2D eigenvalue weighted by molar-refractivity contribution is 0.552. The fourth-order valence-electron chi connectivity index (χ4n) is 1.65. The maximum absolute atomic E-state index is 11.6. The van der Waals surface area contributed by atoms with Crippen LogP contribution in [0.4, 0.5) is 0 Å². The maximum Gasteiger partial charge on any atom is 0.339 e. The molecule has 0 fully saturated rings. The highest BCUT2D eigenvalue weighted by atomic mass is 16.4. The Balaban J connectivity index is 2.58. The summed E-state index contributed by atoms with van der Waals surface area (Å²) < 4.78 is 5.28. The van der Waals surface area contributed by atoms with E-state index in [0.29, 0.717) is 17.6 Å². The molecule has 2 nitrogen and oxygen atoms in total. The van der Waals surface area contributed by atoms with Gasteiger partial charge in [-0.15, -0.1) is 0 Å². The molecule has 82 valence electrons. The van der Waals surface area contributed by atoms with Gasteiger partial charge in [0.2, 0.25) is 0 Å². The summed E-state index contributed by atoms with van der Waals surface area (Å²) in [7, 11) is 0. The normalized spacial score (nSPS) is 11.4. The van der Waals surface area contributed by atoms with Crippen LogP contribution < -0.4 is 5.63 Å². The van der Waals surface area contributed by atoms with Gasteiger partial charge >= 0.3 is 5.63 Å². The summed E-state index contributed by atoms with van der Waals surface area (Å²) >= 11 is 0. The molecule has 0 atom stereocenters. The summed E-state index contributed by atoms with van der Waals surface area (Å²) in [5.74, 6) is 0. The van der Waals surface area contributed by atoms with E-state index in [1.807, 2.05) is 50.3 Å². The minimum atomic E-state index is -0.240. The molecule has 0 amide bonds. The molecule has 0 unspecified atom stereocenters. The van der Waals surface area contributed by atoms with Gasteiger partial charge in [0, 0.05) is 10.9 Å². The molecule has 2 aromatic rings. The number of aryl methyl sites for hydroxylation is 1. The number of benzene rings is 1. The van der Waals surface area contributed by atoms with Gasteiger partial charge in [0.25, 0.3) is 0 Å². The number of rotatable bonds is 2. The van der Waals surface area contributed by atoms with Crippen molar-refractivity contribution < 1.29 is 4.42 Å². The summed E-state index contributed by atoms with van der Waals surface area (Å²) in [6.45, 7) is 3.92. The topological polar surface area (TPSA) is 30.2 Å². The lowest BCUT2D eigenvalue weighted by Gasteiger charge is -2.00. The molecular weight excluding hydrogens is 200 g/mol. The van der Waals surface area contributed by atoms with E-state index < -0.39 is 0 Å². The van der Waals surface area contributed by atoms with Crippen LogP contribution in [0, 0.1) is 6.92 Å². The molecule has 16 heavy (non-hydrogen) atoms. The van der Waals surface area contributed by atoms with E-state index in [2.05, 4.69) is 0 Å². The monoisotopic (exact) mass is 214 g/mol. The van der Waals surface area contributed by atoms with Gasteiger partial charge in [0.05, 0.1) is 0 Å². The van der Waals surface area contributed by atoms with Crippen LogP contribution in [0.2, 0.25) is 0 Å². The van der Waals surface area contributed by atoms with Crippen LogP contribution in [0.5, 0.6) is 0 Å². The van der Waals surface area contributed by atoms with Crippen LogP contribution >= 0.6 is 0 Å². The van der Waals surface area contributed by atoms with E-state index >= 15 is 0 Å². The van der Waals surface area contributed by atoms with Crippen LogP contribution in [-0.4, -0.2) is 0 Å². The molecular formula is C14H14O2. The van der Waals surface area contributed by atoms with Crippen LogP contribution in [0.25, 0.3) is 11.0 Å². The highest BCUT2D eigenvalue weighted by molar-refractivity contribution is 5.77. The third kappa shape index (κ3) is 2.06. The Labute approximate surface area is 94.2 Å². The van der Waals surface area contributed by atoms with Crippen molar-refractivity contribution in [2.24, 2.45) is 0 Å². The third-order valence-electron chi connectivity index (χ3n) is 2.54. The van der Waals surface area contributed by atoms with Crippen molar-refractivity contribution >= 4 is 11.0 Å². The zero-order valence-corrected chi connectivity index (χ0v) is 9.49. The van der Waals surface area contributed by atoms with Crippen molar-refractivity contribution in [3.63, 3.8) is 0 Å². The van der Waals surface area contributed by atoms with Crippen molar-refractivity contribution in [3.05, 3.63) is 58.0 Å². The molecule has 2 rings (SSSR count). The van der Waals surface area contributed by atoms with Crippen LogP contribution in [0.15, 0.2) is 45.6 Å². The van der Waals surface area contributed by atoms with Gasteiger partial charge in [-0.05, 0) is 38.0 Å². The smallest absolute Gasteiger partial charge is 0.339 e. The molecule has 0 spiro atoms. The lowest BCUT2D eigenvalue weighted by atomic mass is 10.1. The van der Waals surface area contributed by atoms with Crippen molar-refractivity contribution in [1.82, 2.24) is 0 Å². The first-order chi connectivity index (χ1) is 7.70. The SMILES string of the molecule is C/C=C/Cc1cc2ccc(C)cc2oc1=O. The van der Waals surface area contributed by atoms with Crippen molar-refractivity contribution in [3.8, 4) is 0 Å². The fraction of sp³-hybridized carbons (Fsp3) is 0.214. The largest absolute Gasteiger partial charge is 0.423 e. The zero-order valence-electron chi connectivity index (χ0n) is 9.49. The van der Waals surface area contributed by atoms with Gasteiger partial charge in [0.15, 0.2) is 0 Å². The van der Waals surface area contributed by atoms with Crippen molar-refractivity contribution in [2.45, 2.75) is 20.3 Å². The predicted octanol–water partition coefficient (Wildman–Crippen LogP) is 3.22. The van der Waals surface area contributed by atoms with E-state index in [-0.39, 0.29) is 5.63 Å². The van der Waals surface area contributed by atoms with Gasteiger partial charge in [-0.25, -0.2) is 4.79 Å². The zero-order chi connectivity index (χ0) is 11.5. The minimum Gasteiger partial charge on any atom is -0.423 e. The average Bonchev–Trinajstić information content (AvgIpc) is 2.26. The molecule has 1 aromatic carbocycles. The summed E-state index contributed by atoms with van der Waals surface area (Å²) in [4.78, 5) is 11.6. The first-order valence-electron chi connectivity index (χ1n) is 5.35. The summed E-state index contributed by atoms with van der Waals surface area (Å²) in [5.41, 5.74) is 2.22. The second-order valence-corrected chi connectivity index (χ2v) is 3.87. The molecule has 0 saturated carbocycles. The van der Waals surface area contributed by atoms with Gasteiger partial charge in [-0.1, -0.05) is 24.3 Å². The molecule has 2 heteroatoms. The van der Waals surface area contributed by atoms with Gasteiger partial charge in [0.1, 0.15) is 5.58 Å². The molecule has 0 bridgehead atoms. The van der Waals surface area contributed by atoms with Crippen LogP contribution in [0.3, 0.4) is 0 Å². The standard InChI is InChI=1S/C14H14O2/c1-3-4-5-12-9-11-7-6-10(2)8-13(11)16-14(12)15/h3-4,6-9H,5H2,1-2H3/b4-3+.